The zero-order valence-electron chi connectivity index (χ0n) is 16.7. The normalized spacial score (nSPS) is 14.4. The number of phenols is 2. The summed E-state index contributed by atoms with van der Waals surface area (Å²) in [6, 6.07) is 14.0. The number of aromatic hydroxyl groups is 2. The van der Waals surface area contributed by atoms with E-state index >= 15 is 0 Å². The van der Waals surface area contributed by atoms with Crippen LogP contribution in [0.3, 0.4) is 0 Å². The Balaban J connectivity index is 0.00000106. The zero-order valence-corrected chi connectivity index (χ0v) is 16.7. The van der Waals surface area contributed by atoms with Gasteiger partial charge in [0, 0.05) is 34.4 Å². The maximum atomic E-state index is 12.8. The second-order valence-electron chi connectivity index (χ2n) is 6.85. The topological polar surface area (TPSA) is 93.1 Å². The van der Waals surface area contributed by atoms with Gasteiger partial charge in [-0.1, -0.05) is 26.0 Å². The molecule has 152 valence electrons. The number of hydrogen-bond donors (Lipinski definition) is 2. The van der Waals surface area contributed by atoms with Crippen LogP contribution < -0.4 is 4.74 Å². The molecule has 0 saturated heterocycles. The van der Waals surface area contributed by atoms with Gasteiger partial charge in [-0.05, 0) is 37.3 Å². The third kappa shape index (κ3) is 2.64. The van der Waals surface area contributed by atoms with E-state index in [0.29, 0.717) is 39.3 Å². The van der Waals surface area contributed by atoms with E-state index in [1.54, 1.807) is 24.3 Å². The van der Waals surface area contributed by atoms with Gasteiger partial charge in [0.25, 0.3) is 0 Å². The molecule has 6 heteroatoms. The average Bonchev–Trinajstić information content (AvgIpc) is 3.01. The second-order valence-corrected chi connectivity index (χ2v) is 6.85. The van der Waals surface area contributed by atoms with E-state index in [4.69, 9.17) is 9.47 Å². The predicted molar refractivity (Wildman–Crippen MR) is 109 cm³/mol. The molecule has 2 N–H and O–H groups in total. The Kier molecular flexibility index (Phi) is 4.50. The number of hydrogen-bond acceptors (Lipinski definition) is 6. The van der Waals surface area contributed by atoms with Gasteiger partial charge >= 0.3 is 5.97 Å². The smallest absolute Gasteiger partial charge is 0.340 e. The average molecular weight is 404 g/mol. The second kappa shape index (κ2) is 6.91. The molecule has 6 nitrogen and oxygen atoms in total. The summed E-state index contributed by atoms with van der Waals surface area (Å²) in [7, 11) is 0. The Morgan fingerprint density at radius 2 is 1.37 bits per heavy atom. The van der Waals surface area contributed by atoms with Crippen molar-refractivity contribution in [3.8, 4) is 23.0 Å². The fourth-order valence-corrected chi connectivity index (χ4v) is 3.92. The summed E-state index contributed by atoms with van der Waals surface area (Å²) >= 11 is 0. The summed E-state index contributed by atoms with van der Waals surface area (Å²) in [4.78, 5) is 24.6. The number of ketones is 1. The third-order valence-electron chi connectivity index (χ3n) is 5.18. The molecule has 2 aliphatic heterocycles. The van der Waals surface area contributed by atoms with Crippen molar-refractivity contribution in [2.45, 2.75) is 26.4 Å². The number of ether oxygens (including phenoxy) is 2. The Bertz CT molecular complexity index is 1140. The molecule has 30 heavy (non-hydrogen) atoms. The molecule has 2 aliphatic rings. The molecule has 0 amide bonds. The largest absolute Gasteiger partial charge is 0.508 e. The molecular weight excluding hydrogens is 384 g/mol. The molecule has 0 saturated carbocycles. The van der Waals surface area contributed by atoms with Gasteiger partial charge in [-0.3, -0.25) is 4.79 Å². The lowest BCUT2D eigenvalue weighted by atomic mass is 9.77. The predicted octanol–water partition coefficient (Wildman–Crippen LogP) is 4.89. The molecule has 0 bridgehead atoms. The highest BCUT2D eigenvalue weighted by Gasteiger charge is 2.53. The number of esters is 1. The van der Waals surface area contributed by atoms with E-state index in [2.05, 4.69) is 0 Å². The van der Waals surface area contributed by atoms with E-state index in [0.717, 1.165) is 0 Å². The first kappa shape index (κ1) is 19.5. The minimum atomic E-state index is -1.30. The van der Waals surface area contributed by atoms with Crippen molar-refractivity contribution in [1.29, 1.82) is 0 Å². The Morgan fingerprint density at radius 3 is 1.90 bits per heavy atom. The Labute approximate surface area is 173 Å². The fourth-order valence-electron chi connectivity index (χ4n) is 3.92. The van der Waals surface area contributed by atoms with Crippen LogP contribution in [0.4, 0.5) is 0 Å². The quantitative estimate of drug-likeness (QED) is 0.443. The van der Waals surface area contributed by atoms with Crippen LogP contribution in [0, 0.1) is 0 Å². The number of phenolic OH excluding ortho intramolecular Hbond substituents is 2. The van der Waals surface area contributed by atoms with Crippen molar-refractivity contribution in [2.75, 3.05) is 0 Å². The summed E-state index contributed by atoms with van der Waals surface area (Å²) in [5.41, 5.74) is 1.08. The van der Waals surface area contributed by atoms with Crippen molar-refractivity contribution < 1.29 is 29.3 Å². The van der Waals surface area contributed by atoms with Crippen LogP contribution >= 0.6 is 0 Å². The molecule has 3 aromatic carbocycles. The van der Waals surface area contributed by atoms with Gasteiger partial charge < -0.3 is 19.7 Å². The monoisotopic (exact) mass is 404 g/mol. The number of benzene rings is 3. The molecule has 5 rings (SSSR count). The highest BCUT2D eigenvalue weighted by molar-refractivity contribution is 6.01. The number of fused-ring (bicyclic) bond motifs is 6. The molecule has 0 fully saturated rings. The summed E-state index contributed by atoms with van der Waals surface area (Å²) in [6.45, 7) is 5.43. The van der Waals surface area contributed by atoms with Gasteiger partial charge in [0.15, 0.2) is 11.4 Å². The maximum absolute atomic E-state index is 12.8. The molecule has 3 aromatic rings. The highest BCUT2D eigenvalue weighted by atomic mass is 16.6. The molecular formula is C24H20O6. The van der Waals surface area contributed by atoms with Crippen molar-refractivity contribution in [2.24, 2.45) is 0 Å². The van der Waals surface area contributed by atoms with Gasteiger partial charge in [-0.15, -0.1) is 0 Å². The number of carbonyl (C=O) groups is 2. The third-order valence-corrected chi connectivity index (χ3v) is 5.18. The van der Waals surface area contributed by atoms with Crippen LogP contribution in [0.15, 0.2) is 54.6 Å². The van der Waals surface area contributed by atoms with E-state index in [-0.39, 0.29) is 17.3 Å². The molecule has 0 atom stereocenters. The summed E-state index contributed by atoms with van der Waals surface area (Å²) in [5.74, 6) is -0.0935. The molecule has 0 unspecified atom stereocenters. The summed E-state index contributed by atoms with van der Waals surface area (Å²) in [6.07, 6.45) is 0. The van der Waals surface area contributed by atoms with Crippen LogP contribution in [-0.2, 0) is 10.3 Å². The van der Waals surface area contributed by atoms with Gasteiger partial charge in [0.1, 0.15) is 23.0 Å². The number of rotatable bonds is 1. The lowest BCUT2D eigenvalue weighted by Crippen LogP contribution is -2.32. The Hall–Kier alpha value is -3.80. The first-order valence-corrected chi connectivity index (χ1v) is 9.64. The van der Waals surface area contributed by atoms with Crippen molar-refractivity contribution in [3.05, 3.63) is 82.4 Å². The maximum Gasteiger partial charge on any atom is 0.340 e. The molecule has 0 radical (unpaired) electrons. The summed E-state index contributed by atoms with van der Waals surface area (Å²) < 4.78 is 11.8. The minimum absolute atomic E-state index is 0.00558. The SMILES string of the molecule is CC.CC(=O)c1ccc2c(c1)C(=O)OC21c2ccc(O)cc2Oc2cc(O)ccc21. The Morgan fingerprint density at radius 1 is 0.833 bits per heavy atom. The molecule has 0 aromatic heterocycles. The van der Waals surface area contributed by atoms with Gasteiger partial charge in [-0.25, -0.2) is 4.79 Å². The van der Waals surface area contributed by atoms with Crippen molar-refractivity contribution >= 4 is 11.8 Å². The van der Waals surface area contributed by atoms with Gasteiger partial charge in [0.2, 0.25) is 0 Å². The lowest BCUT2D eigenvalue weighted by Gasteiger charge is -2.36. The first-order chi connectivity index (χ1) is 14.4. The fraction of sp³-hybridized carbons (Fsp3) is 0.167. The van der Waals surface area contributed by atoms with E-state index in [9.17, 15) is 19.8 Å². The number of carbonyl (C=O) groups excluding carboxylic acids is 2. The summed E-state index contributed by atoms with van der Waals surface area (Å²) in [5, 5.41) is 19.8. The van der Waals surface area contributed by atoms with E-state index in [1.165, 1.54) is 37.3 Å². The van der Waals surface area contributed by atoms with Crippen LogP contribution in [0.1, 0.15) is 58.2 Å². The first-order valence-electron chi connectivity index (χ1n) is 9.64. The van der Waals surface area contributed by atoms with Gasteiger partial charge in [0.05, 0.1) is 5.56 Å². The van der Waals surface area contributed by atoms with E-state index in [1.807, 2.05) is 13.8 Å². The molecule has 2 heterocycles. The van der Waals surface area contributed by atoms with Crippen LogP contribution in [0.25, 0.3) is 0 Å². The van der Waals surface area contributed by atoms with Crippen LogP contribution in [0.2, 0.25) is 0 Å². The highest BCUT2D eigenvalue weighted by Crippen LogP contribution is 2.57. The van der Waals surface area contributed by atoms with Crippen molar-refractivity contribution in [3.63, 3.8) is 0 Å². The lowest BCUT2D eigenvalue weighted by molar-refractivity contribution is 0.0224. The minimum Gasteiger partial charge on any atom is -0.508 e. The zero-order chi connectivity index (χ0) is 21.6. The standard InChI is InChI=1S/C22H14O6.C2H6/c1-11(23)12-2-5-16-15(8-12)21(26)28-22(16)17-6-3-13(24)9-19(17)27-20-10-14(25)4-7-18(20)22;1-2/h2-10,24-25H,1H3;1-2H3. The van der Waals surface area contributed by atoms with Crippen LogP contribution in [0.5, 0.6) is 23.0 Å². The van der Waals surface area contributed by atoms with Gasteiger partial charge in [-0.2, -0.15) is 0 Å². The molecule has 0 aliphatic carbocycles. The number of Topliss-reactive ketones (excluding diaryl/α,β-unsaturated/α-hetero) is 1. The molecule has 1 spiro atoms. The van der Waals surface area contributed by atoms with E-state index < -0.39 is 11.6 Å². The van der Waals surface area contributed by atoms with Crippen molar-refractivity contribution in [1.82, 2.24) is 0 Å². The van der Waals surface area contributed by atoms with Crippen LogP contribution in [-0.4, -0.2) is 22.0 Å².